The topological polar surface area (TPSA) is 148 Å². The van der Waals surface area contributed by atoms with Crippen LogP contribution in [-0.4, -0.2) is 103 Å². The van der Waals surface area contributed by atoms with E-state index in [1.165, 1.54) is 0 Å². The minimum atomic E-state index is -1.80. The molecule has 90 valence electrons. The number of rotatable bonds is 1. The van der Waals surface area contributed by atoms with Crippen molar-refractivity contribution < 1.29 is 40.2 Å². The molecule has 0 aliphatic heterocycles. The van der Waals surface area contributed by atoms with Crippen LogP contribution < -0.4 is 0 Å². The SMILES string of the molecule is O=C(O)O[C@@H]1[C@@H](O)[C@H](O)[C@@H](O)[C@H](O)[C@@H]1O.[NaH]. The Balaban J connectivity index is 0.00000225. The van der Waals surface area contributed by atoms with Crippen molar-refractivity contribution in [2.45, 2.75) is 36.6 Å². The Morgan fingerprint density at radius 3 is 1.44 bits per heavy atom. The molecule has 0 unspecified atom stereocenters. The van der Waals surface area contributed by atoms with Gasteiger partial charge in [0, 0.05) is 0 Å². The van der Waals surface area contributed by atoms with Gasteiger partial charge in [-0.2, -0.15) is 0 Å². The molecule has 1 rings (SSSR count). The maximum atomic E-state index is 10.2. The first-order valence-corrected chi connectivity index (χ1v) is 4.16. The normalized spacial score (nSPS) is 43.3. The Morgan fingerprint density at radius 2 is 1.12 bits per heavy atom. The van der Waals surface area contributed by atoms with Gasteiger partial charge in [-0.3, -0.25) is 0 Å². The molecule has 0 aromatic rings. The van der Waals surface area contributed by atoms with Gasteiger partial charge >= 0.3 is 35.7 Å². The van der Waals surface area contributed by atoms with Crippen molar-refractivity contribution in [3.8, 4) is 0 Å². The fourth-order valence-corrected chi connectivity index (χ4v) is 1.45. The molecule has 16 heavy (non-hydrogen) atoms. The third kappa shape index (κ3) is 3.05. The zero-order chi connectivity index (χ0) is 11.7. The van der Waals surface area contributed by atoms with E-state index in [4.69, 9.17) is 10.2 Å². The Labute approximate surface area is 112 Å². The van der Waals surface area contributed by atoms with Crippen LogP contribution in [-0.2, 0) is 4.74 Å². The summed E-state index contributed by atoms with van der Waals surface area (Å²) in [6, 6.07) is 0. The van der Waals surface area contributed by atoms with Gasteiger partial charge in [0.15, 0.2) is 6.10 Å². The van der Waals surface area contributed by atoms with E-state index in [0.717, 1.165) is 0 Å². The summed E-state index contributed by atoms with van der Waals surface area (Å²) >= 11 is 0. The number of hydrogen-bond donors (Lipinski definition) is 6. The molecule has 9 heteroatoms. The zero-order valence-electron chi connectivity index (χ0n) is 7.46. The van der Waals surface area contributed by atoms with Crippen LogP contribution in [0.15, 0.2) is 0 Å². The Morgan fingerprint density at radius 1 is 0.812 bits per heavy atom. The third-order valence-corrected chi connectivity index (χ3v) is 2.31. The summed E-state index contributed by atoms with van der Waals surface area (Å²) < 4.78 is 4.09. The van der Waals surface area contributed by atoms with Gasteiger partial charge in [0.05, 0.1) is 0 Å². The zero-order valence-corrected chi connectivity index (χ0v) is 7.46. The summed E-state index contributed by atoms with van der Waals surface area (Å²) in [6.45, 7) is 0. The Hall–Kier alpha value is 0.0700. The van der Waals surface area contributed by atoms with E-state index in [-0.39, 0.29) is 29.6 Å². The van der Waals surface area contributed by atoms with Gasteiger partial charge in [-0.1, -0.05) is 0 Å². The van der Waals surface area contributed by atoms with Gasteiger partial charge in [-0.05, 0) is 0 Å². The number of carbonyl (C=O) groups is 1. The fraction of sp³-hybridized carbons (Fsp3) is 0.857. The quantitative estimate of drug-likeness (QED) is 0.204. The predicted octanol–water partition coefficient (Wildman–Crippen LogP) is -3.78. The standard InChI is InChI=1S/C7H12O8.Na.H/c8-1-2(9)4(11)6(15-7(13)14)5(12)3(1)10;;/h1-6,8-12H,(H,13,14);;/t1-,2-,3+,4-,5-,6-;;/m0../s1. The van der Waals surface area contributed by atoms with Gasteiger partial charge in [0.25, 0.3) is 0 Å². The van der Waals surface area contributed by atoms with Gasteiger partial charge in [-0.15, -0.1) is 0 Å². The summed E-state index contributed by atoms with van der Waals surface area (Å²) in [5.41, 5.74) is 0. The van der Waals surface area contributed by atoms with Crippen LogP contribution in [0.5, 0.6) is 0 Å². The van der Waals surface area contributed by atoms with Crippen molar-refractivity contribution in [1.29, 1.82) is 0 Å². The summed E-state index contributed by atoms with van der Waals surface area (Å²) in [5.74, 6) is 0. The number of ether oxygens (including phenoxy) is 1. The van der Waals surface area contributed by atoms with Crippen LogP contribution in [0.1, 0.15) is 0 Å². The number of hydrogen-bond acceptors (Lipinski definition) is 7. The first-order valence-electron chi connectivity index (χ1n) is 4.16. The maximum absolute atomic E-state index is 10.2. The number of aliphatic hydroxyl groups is 5. The van der Waals surface area contributed by atoms with Gasteiger partial charge in [0.1, 0.15) is 30.5 Å². The molecule has 1 saturated carbocycles. The minimum absolute atomic E-state index is 0. The molecule has 0 amide bonds. The molecule has 6 N–H and O–H groups in total. The predicted molar refractivity (Wildman–Crippen MR) is 50.1 cm³/mol. The molecule has 8 nitrogen and oxygen atoms in total. The van der Waals surface area contributed by atoms with E-state index in [0.29, 0.717) is 0 Å². The molecule has 0 heterocycles. The van der Waals surface area contributed by atoms with E-state index in [9.17, 15) is 25.2 Å². The van der Waals surface area contributed by atoms with Crippen LogP contribution in [0.2, 0.25) is 0 Å². The van der Waals surface area contributed by atoms with Gasteiger partial charge < -0.3 is 35.4 Å². The molecular formula is C7H13NaO8. The monoisotopic (exact) mass is 248 g/mol. The van der Waals surface area contributed by atoms with Crippen LogP contribution in [0.25, 0.3) is 0 Å². The fourth-order valence-electron chi connectivity index (χ4n) is 1.45. The van der Waals surface area contributed by atoms with E-state index in [1.54, 1.807) is 0 Å². The molecule has 0 radical (unpaired) electrons. The summed E-state index contributed by atoms with van der Waals surface area (Å²) in [7, 11) is 0. The Bertz CT molecular complexity index is 233. The summed E-state index contributed by atoms with van der Waals surface area (Å²) in [5, 5.41) is 54.3. The van der Waals surface area contributed by atoms with Crippen molar-refractivity contribution in [2.75, 3.05) is 0 Å². The first-order chi connectivity index (χ1) is 6.86. The second-order valence-corrected chi connectivity index (χ2v) is 3.30. The molecule has 1 fully saturated rings. The third-order valence-electron chi connectivity index (χ3n) is 2.31. The van der Waals surface area contributed by atoms with Crippen LogP contribution >= 0.6 is 0 Å². The first kappa shape index (κ1) is 16.1. The second-order valence-electron chi connectivity index (χ2n) is 3.30. The number of aliphatic hydroxyl groups excluding tert-OH is 5. The van der Waals surface area contributed by atoms with Crippen molar-refractivity contribution in [3.05, 3.63) is 0 Å². The van der Waals surface area contributed by atoms with Gasteiger partial charge in [-0.25, -0.2) is 4.79 Å². The molecule has 1 aliphatic carbocycles. The van der Waals surface area contributed by atoms with Crippen LogP contribution in [0.4, 0.5) is 4.79 Å². The molecular weight excluding hydrogens is 235 g/mol. The van der Waals surface area contributed by atoms with Crippen molar-refractivity contribution in [1.82, 2.24) is 0 Å². The van der Waals surface area contributed by atoms with Crippen LogP contribution in [0.3, 0.4) is 0 Å². The summed E-state index contributed by atoms with van der Waals surface area (Å²) in [6.07, 6.45) is -12.4. The van der Waals surface area contributed by atoms with E-state index >= 15 is 0 Å². The van der Waals surface area contributed by atoms with E-state index < -0.39 is 42.8 Å². The molecule has 0 aromatic carbocycles. The molecule has 0 spiro atoms. The average Bonchev–Trinajstić information content (AvgIpc) is 2.18. The van der Waals surface area contributed by atoms with Crippen LogP contribution in [0, 0.1) is 0 Å². The van der Waals surface area contributed by atoms with Gasteiger partial charge in [0.2, 0.25) is 0 Å². The van der Waals surface area contributed by atoms with Crippen molar-refractivity contribution >= 4 is 35.7 Å². The molecule has 0 bridgehead atoms. The second kappa shape index (κ2) is 6.12. The van der Waals surface area contributed by atoms with Crippen molar-refractivity contribution in [2.24, 2.45) is 0 Å². The molecule has 1 aliphatic rings. The molecule has 0 aromatic heterocycles. The van der Waals surface area contributed by atoms with E-state index in [2.05, 4.69) is 4.74 Å². The summed E-state index contributed by atoms with van der Waals surface area (Å²) in [4.78, 5) is 10.2. The molecule has 6 atom stereocenters. The Kier molecular flexibility index (Phi) is 6.15. The number of carboxylic acid groups (broad SMARTS) is 1. The van der Waals surface area contributed by atoms with E-state index in [1.807, 2.05) is 0 Å². The van der Waals surface area contributed by atoms with Crippen molar-refractivity contribution in [3.63, 3.8) is 0 Å². The molecule has 0 saturated heterocycles. The average molecular weight is 248 g/mol.